The fourth-order valence-electron chi connectivity index (χ4n) is 3.10. The van der Waals surface area contributed by atoms with Crippen LogP contribution in [0.1, 0.15) is 11.3 Å². The quantitative estimate of drug-likeness (QED) is 0.518. The maximum atomic E-state index is 6.04. The SMILES string of the molecule is COc1ccc2cc(Cc3ccc4ccccc4c3)oc2c1OC. The first kappa shape index (κ1) is 14.6. The second-order valence-corrected chi connectivity index (χ2v) is 5.79. The smallest absolute Gasteiger partial charge is 0.204 e. The molecule has 0 aliphatic carbocycles. The summed E-state index contributed by atoms with van der Waals surface area (Å²) in [6.45, 7) is 0. The van der Waals surface area contributed by atoms with Gasteiger partial charge in [0.2, 0.25) is 5.75 Å². The summed E-state index contributed by atoms with van der Waals surface area (Å²) in [6, 6.07) is 20.8. The molecule has 3 nitrogen and oxygen atoms in total. The van der Waals surface area contributed by atoms with Crippen molar-refractivity contribution in [3.8, 4) is 11.5 Å². The van der Waals surface area contributed by atoms with E-state index in [0.717, 1.165) is 23.2 Å². The van der Waals surface area contributed by atoms with Crippen LogP contribution in [0.5, 0.6) is 11.5 Å². The first-order chi connectivity index (χ1) is 11.8. The first-order valence-corrected chi connectivity index (χ1v) is 7.89. The highest BCUT2D eigenvalue weighted by atomic mass is 16.5. The summed E-state index contributed by atoms with van der Waals surface area (Å²) in [7, 11) is 3.26. The highest BCUT2D eigenvalue weighted by molar-refractivity contribution is 5.87. The second-order valence-electron chi connectivity index (χ2n) is 5.79. The Balaban J connectivity index is 1.73. The van der Waals surface area contributed by atoms with E-state index >= 15 is 0 Å². The van der Waals surface area contributed by atoms with E-state index in [0.29, 0.717) is 11.5 Å². The molecular weight excluding hydrogens is 300 g/mol. The van der Waals surface area contributed by atoms with E-state index in [-0.39, 0.29) is 0 Å². The van der Waals surface area contributed by atoms with Gasteiger partial charge in [0.25, 0.3) is 0 Å². The Morgan fingerprint density at radius 3 is 2.38 bits per heavy atom. The van der Waals surface area contributed by atoms with Crippen molar-refractivity contribution >= 4 is 21.7 Å². The van der Waals surface area contributed by atoms with Gasteiger partial charge in [-0.15, -0.1) is 0 Å². The van der Waals surface area contributed by atoms with Crippen LogP contribution in [0, 0.1) is 0 Å². The average molecular weight is 318 g/mol. The minimum absolute atomic E-state index is 0.639. The van der Waals surface area contributed by atoms with Gasteiger partial charge in [-0.05, 0) is 34.5 Å². The van der Waals surface area contributed by atoms with E-state index in [9.17, 15) is 0 Å². The van der Waals surface area contributed by atoms with Crippen LogP contribution in [0.15, 0.2) is 65.1 Å². The summed E-state index contributed by atoms with van der Waals surface area (Å²) in [5.74, 6) is 2.23. The summed E-state index contributed by atoms with van der Waals surface area (Å²) in [4.78, 5) is 0. The Kier molecular flexibility index (Phi) is 3.62. The second kappa shape index (κ2) is 5.93. The zero-order valence-electron chi connectivity index (χ0n) is 13.7. The fourth-order valence-corrected chi connectivity index (χ4v) is 3.10. The molecule has 0 saturated carbocycles. The third-order valence-corrected chi connectivity index (χ3v) is 4.27. The summed E-state index contributed by atoms with van der Waals surface area (Å²) in [5.41, 5.74) is 1.95. The molecule has 0 spiro atoms. The van der Waals surface area contributed by atoms with Gasteiger partial charge in [-0.25, -0.2) is 0 Å². The molecule has 0 N–H and O–H groups in total. The normalized spacial score (nSPS) is 11.1. The molecule has 1 aromatic heterocycles. The molecule has 3 aromatic carbocycles. The van der Waals surface area contributed by atoms with E-state index in [1.807, 2.05) is 12.1 Å². The number of hydrogen-bond donors (Lipinski definition) is 0. The number of ether oxygens (including phenoxy) is 2. The molecule has 0 fully saturated rings. The van der Waals surface area contributed by atoms with E-state index in [1.165, 1.54) is 16.3 Å². The van der Waals surface area contributed by atoms with Gasteiger partial charge in [-0.3, -0.25) is 0 Å². The predicted octanol–water partition coefficient (Wildman–Crippen LogP) is 5.19. The molecule has 0 amide bonds. The number of fused-ring (bicyclic) bond motifs is 2. The van der Waals surface area contributed by atoms with Crippen molar-refractivity contribution in [2.24, 2.45) is 0 Å². The third kappa shape index (κ3) is 2.48. The monoisotopic (exact) mass is 318 g/mol. The standard InChI is InChI=1S/C21H18O3/c1-22-19-10-9-17-13-18(24-20(17)21(19)23-2)12-14-7-8-15-5-3-4-6-16(15)11-14/h3-11,13H,12H2,1-2H3. The first-order valence-electron chi connectivity index (χ1n) is 7.89. The van der Waals surface area contributed by atoms with Crippen LogP contribution in [-0.2, 0) is 6.42 Å². The fraction of sp³-hybridized carbons (Fsp3) is 0.143. The largest absolute Gasteiger partial charge is 0.493 e. The Bertz CT molecular complexity index is 1010. The van der Waals surface area contributed by atoms with Crippen molar-refractivity contribution in [1.29, 1.82) is 0 Å². The minimum atomic E-state index is 0.639. The van der Waals surface area contributed by atoms with E-state index < -0.39 is 0 Å². The lowest BCUT2D eigenvalue weighted by atomic mass is 10.0. The molecule has 1 heterocycles. The molecule has 0 atom stereocenters. The van der Waals surface area contributed by atoms with Gasteiger partial charge in [0.1, 0.15) is 5.76 Å². The number of hydrogen-bond acceptors (Lipinski definition) is 3. The maximum Gasteiger partial charge on any atom is 0.204 e. The highest BCUT2D eigenvalue weighted by Gasteiger charge is 2.14. The Hall–Kier alpha value is -2.94. The molecule has 4 rings (SSSR count). The van der Waals surface area contributed by atoms with Crippen LogP contribution in [0.3, 0.4) is 0 Å². The Labute approximate surface area is 140 Å². The zero-order chi connectivity index (χ0) is 16.5. The third-order valence-electron chi connectivity index (χ3n) is 4.27. The Morgan fingerprint density at radius 1 is 0.792 bits per heavy atom. The summed E-state index contributed by atoms with van der Waals surface area (Å²) >= 11 is 0. The van der Waals surface area contributed by atoms with Gasteiger partial charge < -0.3 is 13.9 Å². The van der Waals surface area contributed by atoms with Gasteiger partial charge >= 0.3 is 0 Å². The van der Waals surface area contributed by atoms with E-state index in [4.69, 9.17) is 13.9 Å². The van der Waals surface area contributed by atoms with Crippen LogP contribution in [0.2, 0.25) is 0 Å². The van der Waals surface area contributed by atoms with Crippen molar-refractivity contribution in [2.75, 3.05) is 14.2 Å². The lowest BCUT2D eigenvalue weighted by Gasteiger charge is -2.06. The molecule has 0 radical (unpaired) electrons. The van der Waals surface area contributed by atoms with Gasteiger partial charge in [0.05, 0.1) is 14.2 Å². The van der Waals surface area contributed by atoms with Crippen molar-refractivity contribution in [1.82, 2.24) is 0 Å². The molecular formula is C21H18O3. The topological polar surface area (TPSA) is 31.6 Å². The van der Waals surface area contributed by atoms with Gasteiger partial charge in [-0.2, -0.15) is 0 Å². The molecule has 3 heteroatoms. The van der Waals surface area contributed by atoms with Gasteiger partial charge in [0.15, 0.2) is 11.3 Å². The molecule has 4 aromatic rings. The van der Waals surface area contributed by atoms with Crippen LogP contribution in [-0.4, -0.2) is 14.2 Å². The van der Waals surface area contributed by atoms with Crippen LogP contribution in [0.25, 0.3) is 21.7 Å². The molecule has 0 aliphatic rings. The molecule has 24 heavy (non-hydrogen) atoms. The number of furan rings is 1. The predicted molar refractivity (Wildman–Crippen MR) is 96.1 cm³/mol. The van der Waals surface area contributed by atoms with Gasteiger partial charge in [-0.1, -0.05) is 42.5 Å². The summed E-state index contributed by atoms with van der Waals surface area (Å²) in [5, 5.41) is 3.51. The summed E-state index contributed by atoms with van der Waals surface area (Å²) in [6.07, 6.45) is 0.741. The average Bonchev–Trinajstić information content (AvgIpc) is 3.03. The molecule has 0 bridgehead atoms. The lowest BCUT2D eigenvalue weighted by Crippen LogP contribution is -1.90. The maximum absolute atomic E-state index is 6.04. The molecule has 0 unspecified atom stereocenters. The van der Waals surface area contributed by atoms with Crippen molar-refractivity contribution in [2.45, 2.75) is 6.42 Å². The minimum Gasteiger partial charge on any atom is -0.493 e. The zero-order valence-corrected chi connectivity index (χ0v) is 13.7. The van der Waals surface area contributed by atoms with Crippen molar-refractivity contribution in [3.05, 3.63) is 72.0 Å². The number of rotatable bonds is 4. The highest BCUT2D eigenvalue weighted by Crippen LogP contribution is 2.37. The van der Waals surface area contributed by atoms with Crippen molar-refractivity contribution < 1.29 is 13.9 Å². The molecule has 120 valence electrons. The lowest BCUT2D eigenvalue weighted by molar-refractivity contribution is 0.352. The van der Waals surface area contributed by atoms with Gasteiger partial charge in [0, 0.05) is 11.8 Å². The number of methoxy groups -OCH3 is 2. The van der Waals surface area contributed by atoms with Crippen LogP contribution >= 0.6 is 0 Å². The Morgan fingerprint density at radius 2 is 1.58 bits per heavy atom. The molecule has 0 saturated heterocycles. The van der Waals surface area contributed by atoms with E-state index in [2.05, 4.69) is 48.5 Å². The molecule has 0 aliphatic heterocycles. The summed E-state index contributed by atoms with van der Waals surface area (Å²) < 4.78 is 16.8. The van der Waals surface area contributed by atoms with Crippen LogP contribution < -0.4 is 9.47 Å². The van der Waals surface area contributed by atoms with Crippen LogP contribution in [0.4, 0.5) is 0 Å². The van der Waals surface area contributed by atoms with Crippen molar-refractivity contribution in [3.63, 3.8) is 0 Å². The number of benzene rings is 3. The van der Waals surface area contributed by atoms with E-state index in [1.54, 1.807) is 14.2 Å².